The fourth-order valence-corrected chi connectivity index (χ4v) is 4.30. The van der Waals surface area contributed by atoms with Crippen LogP contribution in [0.25, 0.3) is 0 Å². The minimum Gasteiger partial charge on any atom is -0.460 e. The molecule has 1 aliphatic rings. The highest BCUT2D eigenvalue weighted by Crippen LogP contribution is 2.40. The van der Waals surface area contributed by atoms with Gasteiger partial charge in [-0.3, -0.25) is 9.78 Å². The number of ether oxygens (including phenoxy) is 1. The number of aromatic nitrogens is 1. The first kappa shape index (κ1) is 20.2. The van der Waals surface area contributed by atoms with Gasteiger partial charge in [0.15, 0.2) is 11.9 Å². The summed E-state index contributed by atoms with van der Waals surface area (Å²) in [6.45, 7) is 6.49. The van der Waals surface area contributed by atoms with E-state index in [-0.39, 0.29) is 28.4 Å². The van der Waals surface area contributed by atoms with Gasteiger partial charge in [0.25, 0.3) is 0 Å². The minimum absolute atomic E-state index is 0.0990. The predicted octanol–water partition coefficient (Wildman–Crippen LogP) is 4.10. The number of aliphatic hydroxyl groups is 1. The normalized spacial score (nSPS) is 22.3. The smallest absolute Gasteiger partial charge is 0.339 e. The molecule has 1 fully saturated rings. The van der Waals surface area contributed by atoms with Crippen LogP contribution >= 0.6 is 0 Å². The molecule has 1 saturated carbocycles. The second-order valence-electron chi connectivity index (χ2n) is 8.53. The third-order valence-corrected chi connectivity index (χ3v) is 5.28. The van der Waals surface area contributed by atoms with Crippen LogP contribution in [0.1, 0.15) is 67.6 Å². The topological polar surface area (TPSA) is 76.5 Å². The fourth-order valence-electron chi connectivity index (χ4n) is 4.30. The number of carbonyl (C=O) groups is 2. The summed E-state index contributed by atoms with van der Waals surface area (Å²) < 4.78 is 5.64. The van der Waals surface area contributed by atoms with Gasteiger partial charge in [0, 0.05) is 29.1 Å². The quantitative estimate of drug-likeness (QED) is 0.623. The van der Waals surface area contributed by atoms with Crippen LogP contribution in [0, 0.1) is 11.3 Å². The van der Waals surface area contributed by atoms with Crippen LogP contribution in [0.2, 0.25) is 0 Å². The molecule has 0 aliphatic heterocycles. The van der Waals surface area contributed by atoms with E-state index in [9.17, 15) is 14.7 Å². The molecule has 2 aromatic rings. The summed E-state index contributed by atoms with van der Waals surface area (Å²) in [6, 6.07) is 9.92. The van der Waals surface area contributed by atoms with Gasteiger partial charge >= 0.3 is 5.97 Å². The maximum Gasteiger partial charge on any atom is 0.339 e. The zero-order valence-electron chi connectivity index (χ0n) is 16.6. The zero-order valence-corrected chi connectivity index (χ0v) is 16.6. The predicted molar refractivity (Wildman–Crippen MR) is 106 cm³/mol. The molecule has 0 amide bonds. The van der Waals surface area contributed by atoms with Crippen LogP contribution < -0.4 is 0 Å². The zero-order chi connectivity index (χ0) is 20.3. The summed E-state index contributed by atoms with van der Waals surface area (Å²) in [4.78, 5) is 29.4. The van der Waals surface area contributed by atoms with Gasteiger partial charge in [-0.25, -0.2) is 4.79 Å². The van der Waals surface area contributed by atoms with Crippen molar-refractivity contribution in [1.29, 1.82) is 0 Å². The Morgan fingerprint density at radius 1 is 1.18 bits per heavy atom. The fraction of sp³-hybridized carbons (Fsp3) is 0.435. The second-order valence-corrected chi connectivity index (χ2v) is 8.53. The lowest BCUT2D eigenvalue weighted by Crippen LogP contribution is -2.35. The molecule has 0 saturated heterocycles. The summed E-state index contributed by atoms with van der Waals surface area (Å²) >= 11 is 0. The first-order chi connectivity index (χ1) is 13.3. The Morgan fingerprint density at radius 3 is 2.61 bits per heavy atom. The molecule has 0 bridgehead atoms. The van der Waals surface area contributed by atoms with Crippen molar-refractivity contribution in [3.63, 3.8) is 0 Å². The number of esters is 1. The third-order valence-electron chi connectivity index (χ3n) is 5.28. The number of hydrogen-bond donors (Lipinski definition) is 1. The van der Waals surface area contributed by atoms with E-state index in [0.717, 1.165) is 19.3 Å². The maximum atomic E-state index is 12.8. The largest absolute Gasteiger partial charge is 0.460 e. The average Bonchev–Trinajstić information content (AvgIpc) is 2.66. The Kier molecular flexibility index (Phi) is 5.94. The highest BCUT2D eigenvalue weighted by molar-refractivity contribution is 6.10. The molecule has 1 N–H and O–H groups in total. The van der Waals surface area contributed by atoms with Crippen LogP contribution in [0.4, 0.5) is 0 Å². The molecule has 3 rings (SSSR count). The van der Waals surface area contributed by atoms with Crippen molar-refractivity contribution in [3.8, 4) is 0 Å². The van der Waals surface area contributed by atoms with Gasteiger partial charge in [-0.1, -0.05) is 45.0 Å². The molecular formula is C23H27NO4. The average molecular weight is 381 g/mol. The summed E-state index contributed by atoms with van der Waals surface area (Å²) in [5.41, 5.74) is 1.03. The van der Waals surface area contributed by atoms with Crippen molar-refractivity contribution in [2.24, 2.45) is 11.3 Å². The second kappa shape index (κ2) is 8.23. The lowest BCUT2D eigenvalue weighted by atomic mass is 9.71. The van der Waals surface area contributed by atoms with Crippen molar-refractivity contribution in [3.05, 3.63) is 65.5 Å². The molecular weight excluding hydrogens is 354 g/mol. The third kappa shape index (κ3) is 4.65. The van der Waals surface area contributed by atoms with Gasteiger partial charge < -0.3 is 9.84 Å². The number of benzene rings is 1. The molecule has 1 aliphatic carbocycles. The molecule has 28 heavy (non-hydrogen) atoms. The Labute approximate surface area is 165 Å². The maximum absolute atomic E-state index is 12.8. The molecule has 0 spiro atoms. The van der Waals surface area contributed by atoms with Crippen molar-refractivity contribution in [2.45, 2.75) is 52.2 Å². The van der Waals surface area contributed by atoms with Gasteiger partial charge in [0.05, 0.1) is 0 Å². The van der Waals surface area contributed by atoms with Crippen molar-refractivity contribution >= 4 is 11.8 Å². The SMILES string of the molecule is CC1CC(OC(=O)[C@H](O)c2ccccc2C(=O)c2cccnc2)CC(C)(C)C1. The molecule has 5 nitrogen and oxygen atoms in total. The van der Waals surface area contributed by atoms with E-state index >= 15 is 0 Å². The molecule has 148 valence electrons. The number of nitrogens with zero attached hydrogens (tertiary/aromatic N) is 1. The Bertz CT molecular complexity index is 847. The highest BCUT2D eigenvalue weighted by atomic mass is 16.6. The van der Waals surface area contributed by atoms with E-state index in [4.69, 9.17) is 4.74 Å². The van der Waals surface area contributed by atoms with E-state index in [2.05, 4.69) is 25.8 Å². The molecule has 2 unspecified atom stereocenters. The first-order valence-corrected chi connectivity index (χ1v) is 9.69. The van der Waals surface area contributed by atoms with Gasteiger partial charge in [-0.15, -0.1) is 0 Å². The Morgan fingerprint density at radius 2 is 1.93 bits per heavy atom. The van der Waals surface area contributed by atoms with E-state index in [1.54, 1.807) is 42.6 Å². The van der Waals surface area contributed by atoms with E-state index < -0.39 is 12.1 Å². The number of ketones is 1. The van der Waals surface area contributed by atoms with Crippen molar-refractivity contribution < 1.29 is 19.4 Å². The standard InChI is InChI=1S/C23H27NO4/c1-15-11-17(13-23(2,3)12-15)28-22(27)21(26)19-9-5-4-8-18(19)20(25)16-7-6-10-24-14-16/h4-10,14-15,17,21,26H,11-13H2,1-3H3/t15?,17?,21-/m1/s1. The van der Waals surface area contributed by atoms with Crippen LogP contribution in [0.3, 0.4) is 0 Å². The molecule has 1 aromatic heterocycles. The van der Waals surface area contributed by atoms with E-state index in [0.29, 0.717) is 11.5 Å². The van der Waals surface area contributed by atoms with Crippen LogP contribution in [-0.4, -0.2) is 27.9 Å². The van der Waals surface area contributed by atoms with Gasteiger partial charge in [0.2, 0.25) is 0 Å². The lowest BCUT2D eigenvalue weighted by molar-refractivity contribution is -0.163. The van der Waals surface area contributed by atoms with Crippen LogP contribution in [0.5, 0.6) is 0 Å². The number of hydrogen-bond acceptors (Lipinski definition) is 5. The molecule has 1 aromatic carbocycles. The van der Waals surface area contributed by atoms with Crippen molar-refractivity contribution in [1.82, 2.24) is 4.98 Å². The summed E-state index contributed by atoms with van der Waals surface area (Å²) in [7, 11) is 0. The minimum atomic E-state index is -1.50. The lowest BCUT2D eigenvalue weighted by Gasteiger charge is -2.38. The summed E-state index contributed by atoms with van der Waals surface area (Å²) in [6.07, 6.45) is 3.98. The molecule has 3 atom stereocenters. The highest BCUT2D eigenvalue weighted by Gasteiger charge is 2.35. The Hall–Kier alpha value is -2.53. The Balaban J connectivity index is 1.78. The summed E-state index contributed by atoms with van der Waals surface area (Å²) in [5.74, 6) is -0.539. The van der Waals surface area contributed by atoms with E-state index in [1.807, 2.05) is 0 Å². The summed E-state index contributed by atoms with van der Waals surface area (Å²) in [5, 5.41) is 10.6. The number of rotatable bonds is 5. The van der Waals surface area contributed by atoms with Gasteiger partial charge in [0.1, 0.15) is 6.10 Å². The molecule has 0 radical (unpaired) electrons. The van der Waals surface area contributed by atoms with E-state index in [1.165, 1.54) is 6.20 Å². The molecule has 1 heterocycles. The first-order valence-electron chi connectivity index (χ1n) is 9.69. The van der Waals surface area contributed by atoms with Gasteiger partial charge in [-0.05, 0) is 42.7 Å². The van der Waals surface area contributed by atoms with Crippen molar-refractivity contribution in [2.75, 3.05) is 0 Å². The number of carbonyl (C=O) groups excluding carboxylic acids is 2. The monoisotopic (exact) mass is 381 g/mol. The molecule has 5 heteroatoms. The number of pyridine rings is 1. The number of aliphatic hydroxyl groups excluding tert-OH is 1. The van der Waals surface area contributed by atoms with Crippen LogP contribution in [0.15, 0.2) is 48.8 Å². The van der Waals surface area contributed by atoms with Gasteiger partial charge in [-0.2, -0.15) is 0 Å². The van der Waals surface area contributed by atoms with Crippen LogP contribution in [-0.2, 0) is 9.53 Å².